The van der Waals surface area contributed by atoms with Crippen molar-refractivity contribution in [3.05, 3.63) is 84.7 Å². The number of benzene rings is 3. The maximum atomic E-state index is 4.62. The van der Waals surface area contributed by atoms with E-state index in [1.54, 1.807) is 0 Å². The van der Waals surface area contributed by atoms with Gasteiger partial charge in [-0.05, 0) is 12.1 Å². The Bertz CT molecular complexity index is 1130. The number of pyridine rings is 2. The average Bonchev–Trinajstić information content (AvgIpc) is 2.61. The van der Waals surface area contributed by atoms with Crippen molar-refractivity contribution in [2.75, 3.05) is 0 Å². The van der Waals surface area contributed by atoms with Gasteiger partial charge in [0.1, 0.15) is 0 Å². The molecule has 3 aromatic carbocycles. The Hall–Kier alpha value is -3.00. The Morgan fingerprint density at radius 3 is 2.48 bits per heavy atom. The minimum atomic E-state index is 0.873. The molecule has 0 aliphatic heterocycles. The maximum absolute atomic E-state index is 4.62. The summed E-state index contributed by atoms with van der Waals surface area (Å²) in [5.74, 6) is 0. The highest BCUT2D eigenvalue weighted by Crippen LogP contribution is 2.30. The van der Waals surface area contributed by atoms with Crippen LogP contribution in [0.1, 0.15) is 5.56 Å². The smallest absolute Gasteiger partial charge is 0.214 e. The van der Waals surface area contributed by atoms with Gasteiger partial charge < -0.3 is 0 Å². The van der Waals surface area contributed by atoms with Crippen molar-refractivity contribution in [1.29, 1.82) is 0 Å². The van der Waals surface area contributed by atoms with E-state index in [2.05, 4.69) is 82.5 Å². The number of aromatic nitrogens is 2. The van der Waals surface area contributed by atoms with Crippen molar-refractivity contribution in [3.63, 3.8) is 0 Å². The van der Waals surface area contributed by atoms with E-state index < -0.39 is 0 Å². The highest BCUT2D eigenvalue weighted by atomic mass is 14.9. The highest BCUT2D eigenvalue weighted by molar-refractivity contribution is 6.19. The van der Waals surface area contributed by atoms with Gasteiger partial charge in [-0.25, -0.2) is 0 Å². The van der Waals surface area contributed by atoms with E-state index in [4.69, 9.17) is 0 Å². The number of rotatable bonds is 2. The summed E-state index contributed by atoms with van der Waals surface area (Å²) in [6.07, 6.45) is 4.23. The van der Waals surface area contributed by atoms with Crippen molar-refractivity contribution in [2.24, 2.45) is 0 Å². The molecule has 2 heterocycles. The predicted octanol–water partition coefficient (Wildman–Crippen LogP) is 4.31. The summed E-state index contributed by atoms with van der Waals surface area (Å²) in [6, 6.07) is 23.4. The van der Waals surface area contributed by atoms with Crippen molar-refractivity contribution in [3.8, 4) is 0 Å². The lowest BCUT2D eigenvalue weighted by Crippen LogP contribution is -2.35. The lowest BCUT2D eigenvalue weighted by atomic mass is 10.0. The van der Waals surface area contributed by atoms with Crippen LogP contribution < -0.4 is 4.57 Å². The molecule has 0 radical (unpaired) electrons. The molecule has 2 nitrogen and oxygen atoms in total. The minimum Gasteiger partial charge on any atom is -0.256 e. The molecule has 2 aromatic heterocycles. The van der Waals surface area contributed by atoms with Crippen LogP contribution in [0, 0.1) is 0 Å². The van der Waals surface area contributed by atoms with Crippen molar-refractivity contribution < 1.29 is 4.57 Å². The topological polar surface area (TPSA) is 16.8 Å². The van der Waals surface area contributed by atoms with Gasteiger partial charge in [0.05, 0.1) is 10.9 Å². The quantitative estimate of drug-likeness (QED) is 0.350. The van der Waals surface area contributed by atoms with E-state index >= 15 is 0 Å². The molecule has 5 aromatic rings. The zero-order valence-corrected chi connectivity index (χ0v) is 12.6. The Balaban J connectivity index is 1.88. The van der Waals surface area contributed by atoms with Gasteiger partial charge >= 0.3 is 0 Å². The molecular weight excluding hydrogens is 280 g/mol. The Morgan fingerprint density at radius 1 is 0.739 bits per heavy atom. The molecule has 0 N–H and O–H groups in total. The second kappa shape index (κ2) is 4.75. The molecule has 0 atom stereocenters. The lowest BCUT2D eigenvalue weighted by molar-refractivity contribution is -0.661. The fraction of sp³-hybridized carbons (Fsp3) is 0.0476. The van der Waals surface area contributed by atoms with Crippen LogP contribution >= 0.6 is 0 Å². The van der Waals surface area contributed by atoms with Gasteiger partial charge in [-0.2, -0.15) is 4.57 Å². The van der Waals surface area contributed by atoms with Crippen LogP contribution in [0.15, 0.2) is 79.1 Å². The molecule has 0 aliphatic carbocycles. The summed E-state index contributed by atoms with van der Waals surface area (Å²) in [6.45, 7) is 0.873. The van der Waals surface area contributed by atoms with Crippen LogP contribution in [0.3, 0.4) is 0 Å². The molecule has 0 amide bonds. The molecule has 5 rings (SSSR count). The van der Waals surface area contributed by atoms with Crippen LogP contribution in [0.2, 0.25) is 0 Å². The third-order valence-corrected chi connectivity index (χ3v) is 4.54. The molecule has 0 saturated carbocycles. The fourth-order valence-corrected chi connectivity index (χ4v) is 3.51. The average molecular weight is 295 g/mol. The first-order chi connectivity index (χ1) is 11.4. The second-order valence-corrected chi connectivity index (χ2v) is 5.98. The third kappa shape index (κ3) is 1.88. The van der Waals surface area contributed by atoms with Crippen LogP contribution in [0.4, 0.5) is 0 Å². The molecule has 0 aliphatic rings. The second-order valence-electron chi connectivity index (χ2n) is 5.98. The van der Waals surface area contributed by atoms with Gasteiger partial charge in [-0.15, -0.1) is 0 Å². The van der Waals surface area contributed by atoms with Gasteiger partial charge in [0.2, 0.25) is 5.52 Å². The number of nitrogens with zero attached hydrogens (tertiary/aromatic N) is 2. The third-order valence-electron chi connectivity index (χ3n) is 4.54. The molecule has 108 valence electrons. The summed E-state index contributed by atoms with van der Waals surface area (Å²) in [5.41, 5.74) is 3.64. The predicted molar refractivity (Wildman–Crippen MR) is 93.7 cm³/mol. The summed E-state index contributed by atoms with van der Waals surface area (Å²) in [7, 11) is 0. The molecule has 0 saturated heterocycles. The minimum absolute atomic E-state index is 0.873. The van der Waals surface area contributed by atoms with E-state index in [1.807, 2.05) is 6.20 Å². The fourth-order valence-electron chi connectivity index (χ4n) is 3.51. The van der Waals surface area contributed by atoms with E-state index in [0.717, 1.165) is 12.1 Å². The zero-order valence-electron chi connectivity index (χ0n) is 12.6. The first kappa shape index (κ1) is 12.5. The Morgan fingerprint density at radius 2 is 1.57 bits per heavy atom. The van der Waals surface area contributed by atoms with Crippen LogP contribution in [-0.4, -0.2) is 4.98 Å². The van der Waals surface area contributed by atoms with Crippen LogP contribution in [-0.2, 0) is 6.54 Å². The Labute approximate surface area is 134 Å². The van der Waals surface area contributed by atoms with Crippen molar-refractivity contribution in [2.45, 2.75) is 6.54 Å². The molecule has 0 bridgehead atoms. The van der Waals surface area contributed by atoms with E-state index in [1.165, 1.54) is 32.6 Å². The standard InChI is InChI=1S/C21H15N2/c1-2-6-15(7-3-1)13-23-14-17-9-4-10-18-20(17)21-16(12-22-18)8-5-11-19(21)23/h1-12,14H,13H2/q+1. The molecule has 0 spiro atoms. The summed E-state index contributed by atoms with van der Waals surface area (Å²) in [5, 5.41) is 5.03. The van der Waals surface area contributed by atoms with Gasteiger partial charge in [0.15, 0.2) is 12.7 Å². The lowest BCUT2D eigenvalue weighted by Gasteiger charge is -2.09. The van der Waals surface area contributed by atoms with E-state index in [9.17, 15) is 0 Å². The van der Waals surface area contributed by atoms with E-state index in [-0.39, 0.29) is 0 Å². The first-order valence-electron chi connectivity index (χ1n) is 7.86. The van der Waals surface area contributed by atoms with Crippen LogP contribution in [0.5, 0.6) is 0 Å². The molecule has 2 heteroatoms. The summed E-state index contributed by atoms with van der Waals surface area (Å²) >= 11 is 0. The van der Waals surface area contributed by atoms with Gasteiger partial charge in [-0.1, -0.05) is 48.5 Å². The van der Waals surface area contributed by atoms with Gasteiger partial charge in [0, 0.05) is 34.0 Å². The molecular formula is C21H15N2+. The SMILES string of the molecule is c1ccc(C[n+]2cc3cccc4ncc5cccc2c5c34)cc1. The van der Waals surface area contributed by atoms with Crippen molar-refractivity contribution >= 4 is 32.6 Å². The normalized spacial score (nSPS) is 11.7. The van der Waals surface area contributed by atoms with E-state index in [0.29, 0.717) is 0 Å². The van der Waals surface area contributed by atoms with Gasteiger partial charge in [0.25, 0.3) is 0 Å². The van der Waals surface area contributed by atoms with Crippen LogP contribution in [0.25, 0.3) is 32.6 Å². The summed E-state index contributed by atoms with van der Waals surface area (Å²) < 4.78 is 2.35. The molecule has 0 fully saturated rings. The largest absolute Gasteiger partial charge is 0.256 e. The summed E-state index contributed by atoms with van der Waals surface area (Å²) in [4.78, 5) is 4.62. The number of hydrogen-bond acceptors (Lipinski definition) is 1. The van der Waals surface area contributed by atoms with Crippen molar-refractivity contribution in [1.82, 2.24) is 4.98 Å². The zero-order chi connectivity index (χ0) is 15.2. The highest BCUT2D eigenvalue weighted by Gasteiger charge is 2.17. The maximum Gasteiger partial charge on any atom is 0.214 e. The number of hydrogen-bond donors (Lipinski definition) is 0. The van der Waals surface area contributed by atoms with Gasteiger partial charge in [-0.3, -0.25) is 4.98 Å². The Kier molecular flexibility index (Phi) is 2.59. The monoisotopic (exact) mass is 295 g/mol. The molecule has 0 unspecified atom stereocenters. The first-order valence-corrected chi connectivity index (χ1v) is 7.86. The molecule has 23 heavy (non-hydrogen) atoms.